The molecule has 0 spiro atoms. The van der Waals surface area contributed by atoms with Crippen LogP contribution >= 0.6 is 0 Å². The van der Waals surface area contributed by atoms with Gasteiger partial charge in [0, 0.05) is 19.7 Å². The summed E-state index contributed by atoms with van der Waals surface area (Å²) in [6.07, 6.45) is 5.53. The van der Waals surface area contributed by atoms with Gasteiger partial charge in [0.05, 0.1) is 11.6 Å². The lowest BCUT2D eigenvalue weighted by Crippen LogP contribution is -2.57. The molecule has 0 aromatic rings. The zero-order chi connectivity index (χ0) is 13.2. The van der Waals surface area contributed by atoms with E-state index in [9.17, 15) is 4.79 Å². The van der Waals surface area contributed by atoms with E-state index in [2.05, 4.69) is 6.92 Å². The molecule has 1 aliphatic carbocycles. The SMILES string of the molecule is CCCOC1CCCN(C(=O)C(C)(N)C2CC2)C1. The van der Waals surface area contributed by atoms with Crippen molar-refractivity contribution in [3.8, 4) is 0 Å². The Morgan fingerprint density at radius 1 is 1.44 bits per heavy atom. The Morgan fingerprint density at radius 2 is 2.17 bits per heavy atom. The molecule has 2 rings (SSSR count). The van der Waals surface area contributed by atoms with Crippen molar-refractivity contribution in [2.75, 3.05) is 19.7 Å². The fraction of sp³-hybridized carbons (Fsp3) is 0.929. The summed E-state index contributed by atoms with van der Waals surface area (Å²) in [4.78, 5) is 14.4. The van der Waals surface area contributed by atoms with Crippen LogP contribution in [0.15, 0.2) is 0 Å². The Kier molecular flexibility index (Phi) is 4.28. The van der Waals surface area contributed by atoms with Gasteiger partial charge < -0.3 is 15.4 Å². The highest BCUT2D eigenvalue weighted by Gasteiger charge is 2.46. The van der Waals surface area contributed by atoms with Crippen LogP contribution in [-0.2, 0) is 9.53 Å². The molecule has 4 heteroatoms. The van der Waals surface area contributed by atoms with Gasteiger partial charge in [-0.25, -0.2) is 0 Å². The number of nitrogens with two attached hydrogens (primary N) is 1. The maximum Gasteiger partial charge on any atom is 0.242 e. The first kappa shape index (κ1) is 13.8. The quantitative estimate of drug-likeness (QED) is 0.809. The van der Waals surface area contributed by atoms with Gasteiger partial charge in [-0.1, -0.05) is 6.92 Å². The topological polar surface area (TPSA) is 55.6 Å². The molecule has 0 aromatic heterocycles. The molecular formula is C14H26N2O2. The monoisotopic (exact) mass is 254 g/mol. The molecule has 1 saturated carbocycles. The van der Waals surface area contributed by atoms with E-state index in [4.69, 9.17) is 10.5 Å². The van der Waals surface area contributed by atoms with Crippen molar-refractivity contribution in [1.82, 2.24) is 4.90 Å². The maximum absolute atomic E-state index is 12.5. The fourth-order valence-corrected chi connectivity index (χ4v) is 2.74. The molecule has 4 nitrogen and oxygen atoms in total. The number of carbonyl (C=O) groups excluding carboxylic acids is 1. The van der Waals surface area contributed by atoms with Crippen molar-refractivity contribution < 1.29 is 9.53 Å². The van der Waals surface area contributed by atoms with Crippen LogP contribution in [0.2, 0.25) is 0 Å². The summed E-state index contributed by atoms with van der Waals surface area (Å²) in [5.74, 6) is 0.511. The second-order valence-electron chi connectivity index (χ2n) is 5.94. The number of carbonyl (C=O) groups is 1. The molecule has 0 radical (unpaired) electrons. The third kappa shape index (κ3) is 3.04. The van der Waals surface area contributed by atoms with Gasteiger partial charge >= 0.3 is 0 Å². The number of hydrogen-bond acceptors (Lipinski definition) is 3. The molecule has 0 aromatic carbocycles. The molecule has 0 bridgehead atoms. The summed E-state index contributed by atoms with van der Waals surface area (Å²) >= 11 is 0. The van der Waals surface area contributed by atoms with Gasteiger partial charge in [-0.05, 0) is 44.9 Å². The molecule has 1 aliphatic heterocycles. The highest BCUT2D eigenvalue weighted by Crippen LogP contribution is 2.39. The molecule has 1 saturated heterocycles. The molecule has 2 fully saturated rings. The summed E-state index contributed by atoms with van der Waals surface area (Å²) in [5.41, 5.74) is 5.55. The Hall–Kier alpha value is -0.610. The molecule has 1 amide bonds. The Bertz CT molecular complexity index is 300. The third-order valence-corrected chi connectivity index (χ3v) is 4.11. The molecule has 18 heavy (non-hydrogen) atoms. The van der Waals surface area contributed by atoms with Crippen LogP contribution in [0.5, 0.6) is 0 Å². The Balaban J connectivity index is 1.89. The number of rotatable bonds is 5. The van der Waals surface area contributed by atoms with E-state index >= 15 is 0 Å². The first-order valence-corrected chi connectivity index (χ1v) is 7.25. The van der Waals surface area contributed by atoms with Crippen molar-refractivity contribution in [2.24, 2.45) is 11.7 Å². The van der Waals surface area contributed by atoms with Crippen LogP contribution in [0.1, 0.15) is 46.0 Å². The van der Waals surface area contributed by atoms with Crippen LogP contribution in [-0.4, -0.2) is 42.1 Å². The molecule has 2 atom stereocenters. The lowest BCUT2D eigenvalue weighted by molar-refractivity contribution is -0.141. The first-order chi connectivity index (χ1) is 8.55. The van der Waals surface area contributed by atoms with E-state index in [1.807, 2.05) is 11.8 Å². The van der Waals surface area contributed by atoms with E-state index in [0.717, 1.165) is 51.8 Å². The third-order valence-electron chi connectivity index (χ3n) is 4.11. The van der Waals surface area contributed by atoms with Gasteiger partial charge in [0.15, 0.2) is 0 Å². The standard InChI is InChI=1S/C14H26N2O2/c1-3-9-18-12-5-4-8-16(10-12)13(17)14(2,15)11-6-7-11/h11-12H,3-10,15H2,1-2H3. The molecule has 1 heterocycles. The second-order valence-corrected chi connectivity index (χ2v) is 5.94. The summed E-state index contributed by atoms with van der Waals surface area (Å²) in [7, 11) is 0. The predicted molar refractivity (Wildman–Crippen MR) is 71.2 cm³/mol. The number of amides is 1. The molecule has 2 unspecified atom stereocenters. The van der Waals surface area contributed by atoms with Crippen molar-refractivity contribution in [3.05, 3.63) is 0 Å². The minimum atomic E-state index is -0.660. The van der Waals surface area contributed by atoms with E-state index in [1.165, 1.54) is 0 Å². The number of hydrogen-bond donors (Lipinski definition) is 1. The average molecular weight is 254 g/mol. The number of likely N-dealkylation sites (tertiary alicyclic amines) is 1. The van der Waals surface area contributed by atoms with Crippen LogP contribution in [0.4, 0.5) is 0 Å². The van der Waals surface area contributed by atoms with Crippen LogP contribution in [0.3, 0.4) is 0 Å². The van der Waals surface area contributed by atoms with E-state index < -0.39 is 5.54 Å². The van der Waals surface area contributed by atoms with Gasteiger partial charge in [-0.15, -0.1) is 0 Å². The summed E-state index contributed by atoms with van der Waals surface area (Å²) < 4.78 is 5.77. The van der Waals surface area contributed by atoms with Crippen LogP contribution in [0, 0.1) is 5.92 Å². The highest BCUT2D eigenvalue weighted by molar-refractivity contribution is 5.86. The number of nitrogens with zero attached hydrogens (tertiary/aromatic N) is 1. The van der Waals surface area contributed by atoms with E-state index in [-0.39, 0.29) is 12.0 Å². The molecule has 2 aliphatic rings. The number of ether oxygens (including phenoxy) is 1. The zero-order valence-corrected chi connectivity index (χ0v) is 11.7. The van der Waals surface area contributed by atoms with Crippen molar-refractivity contribution >= 4 is 5.91 Å². The van der Waals surface area contributed by atoms with Crippen molar-refractivity contribution in [2.45, 2.75) is 57.6 Å². The van der Waals surface area contributed by atoms with Gasteiger partial charge in [0.2, 0.25) is 5.91 Å². The average Bonchev–Trinajstić information content (AvgIpc) is 3.20. The van der Waals surface area contributed by atoms with Gasteiger partial charge in [-0.2, -0.15) is 0 Å². The lowest BCUT2D eigenvalue weighted by Gasteiger charge is -2.37. The van der Waals surface area contributed by atoms with Crippen molar-refractivity contribution in [1.29, 1.82) is 0 Å². The Morgan fingerprint density at radius 3 is 2.78 bits per heavy atom. The minimum Gasteiger partial charge on any atom is -0.376 e. The van der Waals surface area contributed by atoms with Gasteiger partial charge in [-0.3, -0.25) is 4.79 Å². The predicted octanol–water partition coefficient (Wildman–Crippen LogP) is 1.53. The summed E-state index contributed by atoms with van der Waals surface area (Å²) in [5, 5.41) is 0. The first-order valence-electron chi connectivity index (χ1n) is 7.25. The minimum absolute atomic E-state index is 0.120. The molecule has 104 valence electrons. The maximum atomic E-state index is 12.5. The lowest BCUT2D eigenvalue weighted by atomic mass is 9.94. The fourth-order valence-electron chi connectivity index (χ4n) is 2.74. The normalized spacial score (nSPS) is 27.9. The largest absolute Gasteiger partial charge is 0.376 e. The smallest absolute Gasteiger partial charge is 0.242 e. The van der Waals surface area contributed by atoms with Gasteiger partial charge in [0.1, 0.15) is 0 Å². The summed E-state index contributed by atoms with van der Waals surface area (Å²) in [6.45, 7) is 6.34. The van der Waals surface area contributed by atoms with Crippen molar-refractivity contribution in [3.63, 3.8) is 0 Å². The van der Waals surface area contributed by atoms with Crippen LogP contribution in [0.25, 0.3) is 0 Å². The molecule has 2 N–H and O–H groups in total. The number of piperidine rings is 1. The van der Waals surface area contributed by atoms with E-state index in [1.54, 1.807) is 0 Å². The van der Waals surface area contributed by atoms with Gasteiger partial charge in [0.25, 0.3) is 0 Å². The van der Waals surface area contributed by atoms with Crippen LogP contribution < -0.4 is 5.73 Å². The Labute approximate surface area is 110 Å². The highest BCUT2D eigenvalue weighted by atomic mass is 16.5. The zero-order valence-electron chi connectivity index (χ0n) is 11.7. The second kappa shape index (κ2) is 5.57. The molecular weight excluding hydrogens is 228 g/mol. The van der Waals surface area contributed by atoms with E-state index in [0.29, 0.717) is 5.92 Å². The summed E-state index contributed by atoms with van der Waals surface area (Å²) in [6, 6.07) is 0.